The third-order valence-electron chi connectivity index (χ3n) is 5.80. The number of rotatable bonds is 3. The average molecular weight is 445 g/mol. The summed E-state index contributed by atoms with van der Waals surface area (Å²) in [5, 5.41) is 10.2. The van der Waals surface area contributed by atoms with Crippen LogP contribution in [0.2, 0.25) is 0 Å². The number of fused-ring (bicyclic) bond motifs is 3. The van der Waals surface area contributed by atoms with Crippen LogP contribution in [0.1, 0.15) is 33.7 Å². The van der Waals surface area contributed by atoms with E-state index < -0.39 is 0 Å². The molecule has 31 heavy (non-hydrogen) atoms. The molecule has 0 radical (unpaired) electrons. The topological polar surface area (TPSA) is 52.0 Å². The fourth-order valence-electron chi connectivity index (χ4n) is 4.36. The molecule has 4 heterocycles. The lowest BCUT2D eigenvalue weighted by Gasteiger charge is -2.38. The van der Waals surface area contributed by atoms with Gasteiger partial charge >= 0.3 is 0 Å². The molecular formula is C24H20N4OS2. The standard InChI is InChI=1S/C24H20N4OS2/c1-14-5-10-18-17(12-14)21-20(23(29-18)15-6-8-16(30-2)9-7-15)22(19-4-3-11-31-19)28-24(27-21)25-13-26-28/h3-13,22-23H,1-2H3,(H,25,26,27)/t22-,23+/m1/s1. The molecule has 1 N–H and O–H groups in total. The van der Waals surface area contributed by atoms with E-state index in [1.807, 2.05) is 4.68 Å². The van der Waals surface area contributed by atoms with Crippen molar-refractivity contribution >= 4 is 34.7 Å². The molecule has 2 atom stereocenters. The number of aryl methyl sites for hydroxylation is 1. The van der Waals surface area contributed by atoms with Crippen molar-refractivity contribution in [2.75, 3.05) is 11.6 Å². The molecule has 4 aromatic rings. The lowest BCUT2D eigenvalue weighted by atomic mass is 9.86. The van der Waals surface area contributed by atoms with Gasteiger partial charge in [-0.3, -0.25) is 0 Å². The van der Waals surface area contributed by atoms with Gasteiger partial charge in [0.2, 0.25) is 5.95 Å². The Kier molecular flexibility index (Phi) is 4.40. The summed E-state index contributed by atoms with van der Waals surface area (Å²) >= 11 is 3.47. The van der Waals surface area contributed by atoms with E-state index in [9.17, 15) is 0 Å². The van der Waals surface area contributed by atoms with Gasteiger partial charge in [-0.05, 0) is 54.5 Å². The number of hydrogen-bond donors (Lipinski definition) is 1. The number of nitrogens with zero attached hydrogens (tertiary/aromatic N) is 3. The third-order valence-corrected chi connectivity index (χ3v) is 7.47. The Labute approximate surface area is 188 Å². The summed E-state index contributed by atoms with van der Waals surface area (Å²) in [6.45, 7) is 2.11. The molecule has 154 valence electrons. The minimum absolute atomic E-state index is 0.0763. The van der Waals surface area contributed by atoms with Crippen LogP contribution in [0.4, 0.5) is 5.95 Å². The average Bonchev–Trinajstić information content (AvgIpc) is 3.49. The normalized spacial score (nSPS) is 19.2. The predicted octanol–water partition coefficient (Wildman–Crippen LogP) is 5.93. The highest BCUT2D eigenvalue weighted by Crippen LogP contribution is 2.51. The second kappa shape index (κ2) is 7.28. The molecule has 0 unspecified atom stereocenters. The first-order valence-corrected chi connectivity index (χ1v) is 12.2. The zero-order valence-corrected chi connectivity index (χ0v) is 18.7. The summed E-state index contributed by atoms with van der Waals surface area (Å²) in [6, 6.07) is 19.2. The maximum atomic E-state index is 6.67. The summed E-state index contributed by atoms with van der Waals surface area (Å²) in [5.74, 6) is 1.64. The van der Waals surface area contributed by atoms with E-state index >= 15 is 0 Å². The molecule has 0 fully saturated rings. The first-order valence-electron chi connectivity index (χ1n) is 10.1. The van der Waals surface area contributed by atoms with Crippen LogP contribution >= 0.6 is 23.1 Å². The van der Waals surface area contributed by atoms with Crippen molar-refractivity contribution in [1.82, 2.24) is 14.8 Å². The molecule has 0 bridgehead atoms. The van der Waals surface area contributed by atoms with E-state index in [2.05, 4.69) is 88.6 Å². The van der Waals surface area contributed by atoms with E-state index in [0.29, 0.717) is 0 Å². The summed E-state index contributed by atoms with van der Waals surface area (Å²) in [7, 11) is 0. The van der Waals surface area contributed by atoms with E-state index in [4.69, 9.17) is 4.74 Å². The van der Waals surface area contributed by atoms with Crippen LogP contribution in [0.3, 0.4) is 0 Å². The zero-order valence-electron chi connectivity index (χ0n) is 17.1. The number of aromatic nitrogens is 3. The van der Waals surface area contributed by atoms with Crippen molar-refractivity contribution in [2.45, 2.75) is 24.0 Å². The third kappa shape index (κ3) is 2.99. The van der Waals surface area contributed by atoms with Crippen LogP contribution in [-0.2, 0) is 0 Å². The number of nitrogens with one attached hydrogen (secondary N) is 1. The Morgan fingerprint density at radius 1 is 1.13 bits per heavy atom. The van der Waals surface area contributed by atoms with Crippen LogP contribution < -0.4 is 10.1 Å². The van der Waals surface area contributed by atoms with Gasteiger partial charge in [-0.2, -0.15) is 10.1 Å². The Balaban J connectivity index is 1.61. The summed E-state index contributed by atoms with van der Waals surface area (Å²) < 4.78 is 8.64. The molecular weight excluding hydrogens is 424 g/mol. The lowest BCUT2D eigenvalue weighted by molar-refractivity contribution is 0.223. The quantitative estimate of drug-likeness (QED) is 0.397. The molecule has 6 rings (SSSR count). The Morgan fingerprint density at radius 3 is 2.77 bits per heavy atom. The largest absolute Gasteiger partial charge is 0.480 e. The number of ether oxygens (including phenoxy) is 1. The van der Waals surface area contributed by atoms with E-state index in [-0.39, 0.29) is 12.1 Å². The van der Waals surface area contributed by atoms with Crippen molar-refractivity contribution in [2.24, 2.45) is 0 Å². The molecule has 2 aromatic carbocycles. The minimum atomic E-state index is -0.224. The smallest absolute Gasteiger partial charge is 0.226 e. The number of hydrogen-bond acceptors (Lipinski definition) is 6. The SMILES string of the molecule is CSc1ccc([C@@H]2Oc3ccc(C)cc3C3=C2[C@@H](c2cccs2)n2ncnc2N3)cc1. The molecule has 0 saturated carbocycles. The first kappa shape index (κ1) is 18.7. The molecule has 0 aliphatic carbocycles. The van der Waals surface area contributed by atoms with Crippen molar-refractivity contribution in [3.63, 3.8) is 0 Å². The molecule has 0 amide bonds. The number of benzene rings is 2. The van der Waals surface area contributed by atoms with E-state index in [1.54, 1.807) is 29.4 Å². The fourth-order valence-corrected chi connectivity index (χ4v) is 5.59. The van der Waals surface area contributed by atoms with Crippen molar-refractivity contribution < 1.29 is 4.74 Å². The van der Waals surface area contributed by atoms with Gasteiger partial charge in [0.1, 0.15) is 24.2 Å². The van der Waals surface area contributed by atoms with Gasteiger partial charge in [0, 0.05) is 20.9 Å². The van der Waals surface area contributed by atoms with Crippen molar-refractivity contribution in [3.05, 3.63) is 93.4 Å². The van der Waals surface area contributed by atoms with Gasteiger partial charge in [-0.1, -0.05) is 29.8 Å². The molecule has 2 aromatic heterocycles. The Hall–Kier alpha value is -3.03. The van der Waals surface area contributed by atoms with Crippen LogP contribution in [0.15, 0.2) is 76.8 Å². The van der Waals surface area contributed by atoms with Crippen molar-refractivity contribution in [3.8, 4) is 5.75 Å². The molecule has 0 spiro atoms. The van der Waals surface area contributed by atoms with E-state index in [0.717, 1.165) is 34.1 Å². The summed E-state index contributed by atoms with van der Waals surface area (Å²) in [4.78, 5) is 6.94. The van der Waals surface area contributed by atoms with Crippen LogP contribution in [0.5, 0.6) is 5.75 Å². The highest BCUT2D eigenvalue weighted by Gasteiger charge is 2.41. The monoisotopic (exact) mass is 444 g/mol. The molecule has 7 heteroatoms. The highest BCUT2D eigenvalue weighted by atomic mass is 32.2. The van der Waals surface area contributed by atoms with E-state index in [1.165, 1.54) is 15.3 Å². The van der Waals surface area contributed by atoms with Gasteiger partial charge in [-0.25, -0.2) is 4.68 Å². The van der Waals surface area contributed by atoms with Crippen LogP contribution in [-0.4, -0.2) is 21.0 Å². The fraction of sp³-hybridized carbons (Fsp3) is 0.167. The van der Waals surface area contributed by atoms with Gasteiger partial charge in [0.15, 0.2) is 0 Å². The number of anilines is 1. The second-order valence-electron chi connectivity index (χ2n) is 7.67. The molecule has 2 aliphatic rings. The second-order valence-corrected chi connectivity index (χ2v) is 9.53. The Bertz CT molecular complexity index is 1290. The van der Waals surface area contributed by atoms with Gasteiger partial charge in [0.25, 0.3) is 0 Å². The molecule has 0 saturated heterocycles. The maximum absolute atomic E-state index is 6.67. The molecule has 5 nitrogen and oxygen atoms in total. The summed E-state index contributed by atoms with van der Waals surface area (Å²) in [5.41, 5.74) is 5.63. The predicted molar refractivity (Wildman–Crippen MR) is 126 cm³/mol. The number of thiophene rings is 1. The Morgan fingerprint density at radius 2 is 2.00 bits per heavy atom. The first-order chi connectivity index (χ1) is 15.2. The maximum Gasteiger partial charge on any atom is 0.226 e. The van der Waals surface area contributed by atoms with Crippen LogP contribution in [0.25, 0.3) is 5.70 Å². The lowest BCUT2D eigenvalue weighted by Crippen LogP contribution is -2.32. The minimum Gasteiger partial charge on any atom is -0.480 e. The highest BCUT2D eigenvalue weighted by molar-refractivity contribution is 7.98. The van der Waals surface area contributed by atoms with Gasteiger partial charge in [0.05, 0.1) is 5.70 Å². The number of thioether (sulfide) groups is 1. The van der Waals surface area contributed by atoms with Gasteiger partial charge < -0.3 is 10.1 Å². The van der Waals surface area contributed by atoms with Gasteiger partial charge in [-0.15, -0.1) is 23.1 Å². The molecule has 2 aliphatic heterocycles. The van der Waals surface area contributed by atoms with Crippen molar-refractivity contribution in [1.29, 1.82) is 0 Å². The van der Waals surface area contributed by atoms with Crippen LogP contribution in [0, 0.1) is 6.92 Å². The zero-order chi connectivity index (χ0) is 20.9. The summed E-state index contributed by atoms with van der Waals surface area (Å²) in [6.07, 6.45) is 3.48.